The molecule has 0 N–H and O–H groups in total. The fraction of sp³-hybridized carbons (Fsp3) is 0.571. The van der Waals surface area contributed by atoms with E-state index in [4.69, 9.17) is 4.74 Å². The number of benzene rings is 1. The molecule has 34 heavy (non-hydrogen) atoms. The predicted molar refractivity (Wildman–Crippen MR) is 138 cm³/mol. The van der Waals surface area contributed by atoms with Crippen LogP contribution in [0.2, 0.25) is 0 Å². The summed E-state index contributed by atoms with van der Waals surface area (Å²) < 4.78 is 7.41. The Morgan fingerprint density at radius 1 is 0.941 bits per heavy atom. The van der Waals surface area contributed by atoms with Gasteiger partial charge in [0.05, 0.1) is 19.7 Å². The second-order valence-electron chi connectivity index (χ2n) is 9.05. The van der Waals surface area contributed by atoms with Crippen molar-refractivity contribution in [3.8, 4) is 0 Å². The van der Waals surface area contributed by atoms with Crippen LogP contribution in [-0.4, -0.2) is 59.5 Å². The average molecular weight is 470 g/mol. The van der Waals surface area contributed by atoms with E-state index >= 15 is 0 Å². The molecule has 6 heteroatoms. The lowest BCUT2D eigenvalue weighted by Gasteiger charge is -2.28. The molecule has 0 bridgehead atoms. The lowest BCUT2D eigenvalue weighted by molar-refractivity contribution is -0.141. The summed E-state index contributed by atoms with van der Waals surface area (Å²) >= 11 is 0. The maximum Gasteiger partial charge on any atom is 0.242 e. The van der Waals surface area contributed by atoms with E-state index in [2.05, 4.69) is 61.9 Å². The van der Waals surface area contributed by atoms with Crippen molar-refractivity contribution in [2.45, 2.75) is 72.4 Å². The number of aromatic nitrogens is 1. The highest BCUT2D eigenvalue weighted by molar-refractivity contribution is 5.84. The Kier molecular flexibility index (Phi) is 12.5. The number of amides is 2. The lowest BCUT2D eigenvalue weighted by atomic mass is 10.1. The van der Waals surface area contributed by atoms with Crippen LogP contribution < -0.4 is 0 Å². The average Bonchev–Trinajstić information content (AvgIpc) is 3.25. The minimum atomic E-state index is -0.00306. The molecule has 1 heterocycles. The molecular weight excluding hydrogens is 426 g/mol. The van der Waals surface area contributed by atoms with Gasteiger partial charge in [-0.15, -0.1) is 0 Å². The van der Waals surface area contributed by atoms with Gasteiger partial charge in [-0.05, 0) is 37.5 Å². The standard InChI is InChI=1S/C28H43N3O3/c1-5-7-9-15-27(32)31(18-19-34-4)23-28(33)30(16-8-6-2)22-26-14-11-17-29(26)21-25-13-10-12-24(3)20-25/h10-14,17,20H,5-9,15-16,18-19,21-23H2,1-4H3. The van der Waals surface area contributed by atoms with Gasteiger partial charge >= 0.3 is 0 Å². The van der Waals surface area contributed by atoms with Crippen LogP contribution in [0.3, 0.4) is 0 Å². The third kappa shape index (κ3) is 9.34. The molecule has 1 aromatic carbocycles. The molecule has 0 saturated heterocycles. The largest absolute Gasteiger partial charge is 0.383 e. The summed E-state index contributed by atoms with van der Waals surface area (Å²) in [6.07, 6.45) is 7.46. The summed E-state index contributed by atoms with van der Waals surface area (Å²) in [5, 5.41) is 0. The molecule has 0 aliphatic rings. The Morgan fingerprint density at radius 2 is 1.74 bits per heavy atom. The van der Waals surface area contributed by atoms with E-state index in [9.17, 15) is 9.59 Å². The highest BCUT2D eigenvalue weighted by Crippen LogP contribution is 2.14. The Balaban J connectivity index is 2.10. The normalized spacial score (nSPS) is 10.9. The molecule has 188 valence electrons. The van der Waals surface area contributed by atoms with Gasteiger partial charge in [-0.1, -0.05) is 62.9 Å². The van der Waals surface area contributed by atoms with Crippen molar-refractivity contribution < 1.29 is 14.3 Å². The van der Waals surface area contributed by atoms with Crippen molar-refractivity contribution in [3.05, 3.63) is 59.4 Å². The second-order valence-corrected chi connectivity index (χ2v) is 9.05. The first kappa shape index (κ1) is 27.6. The van der Waals surface area contributed by atoms with Gasteiger partial charge < -0.3 is 19.1 Å². The molecule has 1 aromatic heterocycles. The van der Waals surface area contributed by atoms with E-state index in [1.165, 1.54) is 11.1 Å². The van der Waals surface area contributed by atoms with E-state index in [-0.39, 0.29) is 18.4 Å². The number of rotatable bonds is 16. The van der Waals surface area contributed by atoms with Crippen molar-refractivity contribution in [3.63, 3.8) is 0 Å². The zero-order valence-electron chi connectivity index (χ0n) is 21.6. The van der Waals surface area contributed by atoms with Gasteiger partial charge in [-0.25, -0.2) is 0 Å². The molecule has 0 fully saturated rings. The summed E-state index contributed by atoms with van der Waals surface area (Å²) in [5.74, 6) is 0.0359. The summed E-state index contributed by atoms with van der Waals surface area (Å²) in [5.41, 5.74) is 3.58. The quantitative estimate of drug-likeness (QED) is 0.324. The highest BCUT2D eigenvalue weighted by atomic mass is 16.5. The maximum absolute atomic E-state index is 13.4. The van der Waals surface area contributed by atoms with Gasteiger partial charge in [0.2, 0.25) is 11.8 Å². The molecule has 0 unspecified atom stereocenters. The summed E-state index contributed by atoms with van der Waals surface area (Å²) in [4.78, 5) is 29.8. The van der Waals surface area contributed by atoms with Gasteiger partial charge in [0.25, 0.3) is 0 Å². The van der Waals surface area contributed by atoms with Gasteiger partial charge in [0.1, 0.15) is 0 Å². The van der Waals surface area contributed by atoms with E-state index in [0.29, 0.717) is 32.7 Å². The number of hydrogen-bond acceptors (Lipinski definition) is 3. The van der Waals surface area contributed by atoms with E-state index in [1.54, 1.807) is 12.0 Å². The van der Waals surface area contributed by atoms with Crippen LogP contribution >= 0.6 is 0 Å². The fourth-order valence-electron chi connectivity index (χ4n) is 4.03. The van der Waals surface area contributed by atoms with Crippen molar-refractivity contribution >= 4 is 11.8 Å². The van der Waals surface area contributed by atoms with Crippen molar-refractivity contribution in [2.75, 3.05) is 33.4 Å². The smallest absolute Gasteiger partial charge is 0.242 e. The highest BCUT2D eigenvalue weighted by Gasteiger charge is 2.22. The Hall–Kier alpha value is -2.60. The Morgan fingerprint density at radius 3 is 2.44 bits per heavy atom. The number of aryl methyl sites for hydroxylation is 1. The Labute approximate surface area is 205 Å². The number of nitrogens with zero attached hydrogens (tertiary/aromatic N) is 3. The number of ether oxygens (including phenoxy) is 1. The molecule has 0 atom stereocenters. The van der Waals surface area contributed by atoms with Gasteiger partial charge in [-0.3, -0.25) is 9.59 Å². The number of unbranched alkanes of at least 4 members (excludes halogenated alkanes) is 3. The molecule has 2 amide bonds. The second kappa shape index (κ2) is 15.3. The maximum atomic E-state index is 13.4. The molecule has 0 spiro atoms. The number of carbonyl (C=O) groups is 2. The molecule has 0 aliphatic carbocycles. The Bertz CT molecular complexity index is 877. The van der Waals surface area contributed by atoms with Crippen molar-refractivity contribution in [1.82, 2.24) is 14.4 Å². The van der Waals surface area contributed by atoms with Crippen LogP contribution in [0.4, 0.5) is 0 Å². The van der Waals surface area contributed by atoms with Crippen molar-refractivity contribution in [1.29, 1.82) is 0 Å². The molecule has 6 nitrogen and oxygen atoms in total. The number of carbonyl (C=O) groups excluding carboxylic acids is 2. The van der Waals surface area contributed by atoms with Crippen LogP contribution in [0.25, 0.3) is 0 Å². The SMILES string of the molecule is CCCCCC(=O)N(CCOC)CC(=O)N(CCCC)Cc1cccn1Cc1cccc(C)c1. The van der Waals surface area contributed by atoms with Gasteiger partial charge in [0, 0.05) is 45.1 Å². The minimum absolute atomic E-state index is 0.00306. The van der Waals surface area contributed by atoms with Crippen LogP contribution in [-0.2, 0) is 27.4 Å². The van der Waals surface area contributed by atoms with Crippen LogP contribution in [0.15, 0.2) is 42.6 Å². The molecule has 0 saturated carbocycles. The molecule has 0 radical (unpaired) electrons. The topological polar surface area (TPSA) is 54.8 Å². The van der Waals surface area contributed by atoms with Gasteiger partial charge in [0.15, 0.2) is 0 Å². The third-order valence-electron chi connectivity index (χ3n) is 6.08. The first-order valence-corrected chi connectivity index (χ1v) is 12.7. The monoisotopic (exact) mass is 469 g/mol. The lowest BCUT2D eigenvalue weighted by Crippen LogP contribution is -2.44. The third-order valence-corrected chi connectivity index (χ3v) is 6.08. The summed E-state index contributed by atoms with van der Waals surface area (Å²) in [6.45, 7) is 9.34. The number of methoxy groups -OCH3 is 1. The zero-order chi connectivity index (χ0) is 24.8. The zero-order valence-corrected chi connectivity index (χ0v) is 21.6. The van der Waals surface area contributed by atoms with E-state index in [0.717, 1.165) is 44.3 Å². The van der Waals surface area contributed by atoms with Crippen LogP contribution in [0.5, 0.6) is 0 Å². The predicted octanol–water partition coefficient (Wildman–Crippen LogP) is 5.03. The van der Waals surface area contributed by atoms with E-state index < -0.39 is 0 Å². The minimum Gasteiger partial charge on any atom is -0.383 e. The molecule has 0 aliphatic heterocycles. The molecular formula is C28H43N3O3. The fourth-order valence-corrected chi connectivity index (χ4v) is 4.03. The van der Waals surface area contributed by atoms with Gasteiger partial charge in [-0.2, -0.15) is 0 Å². The van der Waals surface area contributed by atoms with Crippen LogP contribution in [0, 0.1) is 6.92 Å². The number of hydrogen-bond donors (Lipinski definition) is 0. The molecule has 2 rings (SSSR count). The first-order chi connectivity index (χ1) is 16.5. The van der Waals surface area contributed by atoms with Crippen LogP contribution in [0.1, 0.15) is 69.2 Å². The summed E-state index contributed by atoms with van der Waals surface area (Å²) in [6, 6.07) is 12.6. The summed E-state index contributed by atoms with van der Waals surface area (Å²) in [7, 11) is 1.62. The molecule has 2 aromatic rings. The first-order valence-electron chi connectivity index (χ1n) is 12.7. The van der Waals surface area contributed by atoms with Crippen molar-refractivity contribution in [2.24, 2.45) is 0 Å². The van der Waals surface area contributed by atoms with E-state index in [1.807, 2.05) is 11.0 Å².